The minimum absolute atomic E-state index is 0.000978. The van der Waals surface area contributed by atoms with Crippen molar-refractivity contribution in [2.24, 2.45) is 23.2 Å². The summed E-state index contributed by atoms with van der Waals surface area (Å²) in [6, 6.07) is 5.64. The van der Waals surface area contributed by atoms with Gasteiger partial charge in [-0.3, -0.25) is 14.6 Å². The minimum Gasteiger partial charge on any atom is -0.353 e. The molecule has 2 heterocycles. The Kier molecular flexibility index (Phi) is 4.64. The van der Waals surface area contributed by atoms with E-state index in [0.29, 0.717) is 24.2 Å². The highest BCUT2D eigenvalue weighted by Gasteiger charge is 2.51. The van der Waals surface area contributed by atoms with E-state index >= 15 is 0 Å². The van der Waals surface area contributed by atoms with Crippen molar-refractivity contribution in [3.8, 4) is 0 Å². The molecule has 0 aromatic carbocycles. The van der Waals surface area contributed by atoms with E-state index in [-0.39, 0.29) is 17.9 Å². The molecule has 5 fully saturated rings. The van der Waals surface area contributed by atoms with Crippen molar-refractivity contribution in [3.63, 3.8) is 0 Å². The number of carbonyl (C=O) groups excluding carboxylic acids is 2. The number of nitrogens with one attached hydrogen (secondary N) is 1. The maximum absolute atomic E-state index is 12.8. The van der Waals surface area contributed by atoms with Gasteiger partial charge in [0, 0.05) is 31.7 Å². The van der Waals surface area contributed by atoms with E-state index in [0.717, 1.165) is 37.0 Å². The van der Waals surface area contributed by atoms with E-state index in [1.54, 1.807) is 12.3 Å². The first-order valence-electron chi connectivity index (χ1n) is 11.1. The number of likely N-dealkylation sites (tertiary alicyclic amines) is 1. The van der Waals surface area contributed by atoms with E-state index in [1.807, 2.05) is 17.0 Å². The topological polar surface area (TPSA) is 62.3 Å². The molecule has 4 saturated carbocycles. The van der Waals surface area contributed by atoms with Gasteiger partial charge >= 0.3 is 0 Å². The lowest BCUT2D eigenvalue weighted by Crippen LogP contribution is -2.50. The molecule has 2 amide bonds. The molecule has 0 radical (unpaired) electrons. The highest BCUT2D eigenvalue weighted by atomic mass is 16.2. The Morgan fingerprint density at radius 2 is 1.68 bits per heavy atom. The predicted molar refractivity (Wildman–Crippen MR) is 107 cm³/mol. The number of hydrogen-bond donors (Lipinski definition) is 1. The summed E-state index contributed by atoms with van der Waals surface area (Å²) in [5.74, 6) is 2.91. The summed E-state index contributed by atoms with van der Waals surface area (Å²) >= 11 is 0. The van der Waals surface area contributed by atoms with Crippen LogP contribution in [0.1, 0.15) is 68.3 Å². The molecule has 1 N–H and O–H groups in total. The number of piperidine rings is 1. The predicted octanol–water partition coefficient (Wildman–Crippen LogP) is 3.41. The Morgan fingerprint density at radius 1 is 1.04 bits per heavy atom. The van der Waals surface area contributed by atoms with E-state index in [9.17, 15) is 9.59 Å². The third-order valence-electron chi connectivity index (χ3n) is 7.73. The van der Waals surface area contributed by atoms with Crippen LogP contribution in [0.3, 0.4) is 0 Å². The second-order valence-corrected chi connectivity index (χ2v) is 9.94. The Bertz CT molecular complexity index is 704. The molecule has 28 heavy (non-hydrogen) atoms. The zero-order valence-corrected chi connectivity index (χ0v) is 16.6. The second-order valence-electron chi connectivity index (χ2n) is 9.94. The first-order valence-corrected chi connectivity index (χ1v) is 11.1. The first kappa shape index (κ1) is 18.1. The van der Waals surface area contributed by atoms with Gasteiger partial charge in [-0.15, -0.1) is 0 Å². The van der Waals surface area contributed by atoms with Gasteiger partial charge in [-0.2, -0.15) is 0 Å². The van der Waals surface area contributed by atoms with Crippen LogP contribution in [0.5, 0.6) is 0 Å². The number of carbonyl (C=O) groups is 2. The Balaban J connectivity index is 1.12. The summed E-state index contributed by atoms with van der Waals surface area (Å²) in [6.07, 6.45) is 12.2. The normalized spacial score (nSPS) is 34.4. The lowest BCUT2D eigenvalue weighted by Gasteiger charge is -2.56. The molecule has 4 aliphatic carbocycles. The SMILES string of the molecule is O=C(CC12CC3CC(CC(C3)C1)C2)NC1CCN(C(=O)c2ccccn2)CC1. The van der Waals surface area contributed by atoms with Gasteiger partial charge in [0.2, 0.25) is 5.91 Å². The van der Waals surface area contributed by atoms with Crippen molar-refractivity contribution in [2.45, 2.75) is 63.8 Å². The number of rotatable bonds is 4. The van der Waals surface area contributed by atoms with Crippen molar-refractivity contribution in [3.05, 3.63) is 30.1 Å². The van der Waals surface area contributed by atoms with Crippen LogP contribution in [0.15, 0.2) is 24.4 Å². The summed E-state index contributed by atoms with van der Waals surface area (Å²) < 4.78 is 0. The van der Waals surface area contributed by atoms with Gasteiger partial charge in [-0.25, -0.2) is 0 Å². The van der Waals surface area contributed by atoms with Crippen LogP contribution in [0, 0.1) is 23.2 Å². The lowest BCUT2D eigenvalue weighted by molar-refractivity contribution is -0.130. The highest BCUT2D eigenvalue weighted by molar-refractivity contribution is 5.92. The molecule has 150 valence electrons. The molecule has 6 rings (SSSR count). The molecule has 1 saturated heterocycles. The van der Waals surface area contributed by atoms with Gasteiger partial charge in [0.25, 0.3) is 5.91 Å². The Labute approximate surface area is 167 Å². The van der Waals surface area contributed by atoms with Crippen LogP contribution in [0.2, 0.25) is 0 Å². The average molecular weight is 382 g/mol. The van der Waals surface area contributed by atoms with Gasteiger partial charge in [0.15, 0.2) is 0 Å². The standard InChI is InChI=1S/C23H31N3O2/c27-21(15-23-12-16-9-17(13-23)11-18(10-16)14-23)25-19-4-7-26(8-5-19)22(28)20-3-1-2-6-24-20/h1-3,6,16-19H,4-5,7-15H2,(H,25,27). The first-order chi connectivity index (χ1) is 13.6. The molecule has 5 aliphatic rings. The van der Waals surface area contributed by atoms with Crippen molar-refractivity contribution in [1.82, 2.24) is 15.2 Å². The van der Waals surface area contributed by atoms with E-state index in [1.165, 1.54) is 38.5 Å². The molecule has 5 nitrogen and oxygen atoms in total. The summed E-state index contributed by atoms with van der Waals surface area (Å²) in [6.45, 7) is 1.38. The van der Waals surface area contributed by atoms with Crippen LogP contribution in [-0.2, 0) is 4.79 Å². The van der Waals surface area contributed by atoms with Crippen LogP contribution < -0.4 is 5.32 Å². The van der Waals surface area contributed by atoms with Crippen LogP contribution >= 0.6 is 0 Å². The van der Waals surface area contributed by atoms with E-state index < -0.39 is 0 Å². The maximum atomic E-state index is 12.8. The highest BCUT2D eigenvalue weighted by Crippen LogP contribution is 2.61. The van der Waals surface area contributed by atoms with E-state index in [2.05, 4.69) is 10.3 Å². The number of nitrogens with zero attached hydrogens (tertiary/aromatic N) is 2. The number of amides is 2. The minimum atomic E-state index is -0.000978. The van der Waals surface area contributed by atoms with Gasteiger partial charge in [0.1, 0.15) is 5.69 Å². The van der Waals surface area contributed by atoms with Crippen LogP contribution in [-0.4, -0.2) is 40.8 Å². The molecule has 0 spiro atoms. The Morgan fingerprint density at radius 3 is 2.25 bits per heavy atom. The van der Waals surface area contributed by atoms with Gasteiger partial charge in [-0.05, 0) is 86.7 Å². The van der Waals surface area contributed by atoms with Crippen molar-refractivity contribution in [2.75, 3.05) is 13.1 Å². The molecule has 1 aromatic rings. The average Bonchev–Trinajstić information content (AvgIpc) is 2.67. The monoisotopic (exact) mass is 381 g/mol. The van der Waals surface area contributed by atoms with Gasteiger partial charge < -0.3 is 10.2 Å². The molecule has 1 aromatic heterocycles. The smallest absolute Gasteiger partial charge is 0.272 e. The summed E-state index contributed by atoms with van der Waals surface area (Å²) in [5, 5.41) is 3.30. The van der Waals surface area contributed by atoms with Crippen molar-refractivity contribution < 1.29 is 9.59 Å². The summed E-state index contributed by atoms with van der Waals surface area (Å²) in [4.78, 5) is 31.4. The third-order valence-corrected chi connectivity index (χ3v) is 7.73. The summed E-state index contributed by atoms with van der Waals surface area (Å²) in [5.41, 5.74) is 0.806. The van der Waals surface area contributed by atoms with Gasteiger partial charge in [-0.1, -0.05) is 6.07 Å². The zero-order chi connectivity index (χ0) is 19.1. The largest absolute Gasteiger partial charge is 0.353 e. The number of aromatic nitrogens is 1. The molecular weight excluding hydrogens is 350 g/mol. The van der Waals surface area contributed by atoms with E-state index in [4.69, 9.17) is 0 Å². The van der Waals surface area contributed by atoms with Gasteiger partial charge in [0.05, 0.1) is 0 Å². The Hall–Kier alpha value is -1.91. The fourth-order valence-electron chi connectivity index (χ4n) is 7.00. The fourth-order valence-corrected chi connectivity index (χ4v) is 7.00. The fraction of sp³-hybridized carbons (Fsp3) is 0.696. The summed E-state index contributed by atoms with van der Waals surface area (Å²) in [7, 11) is 0. The molecular formula is C23H31N3O2. The molecule has 0 unspecified atom stereocenters. The van der Waals surface area contributed by atoms with Crippen molar-refractivity contribution >= 4 is 11.8 Å². The van der Waals surface area contributed by atoms with Crippen LogP contribution in [0.25, 0.3) is 0 Å². The maximum Gasteiger partial charge on any atom is 0.272 e. The quantitative estimate of drug-likeness (QED) is 0.869. The molecule has 4 bridgehead atoms. The van der Waals surface area contributed by atoms with Crippen LogP contribution in [0.4, 0.5) is 0 Å². The molecule has 1 aliphatic heterocycles. The van der Waals surface area contributed by atoms with Crippen molar-refractivity contribution in [1.29, 1.82) is 0 Å². The molecule has 5 heteroatoms. The zero-order valence-electron chi connectivity index (χ0n) is 16.6. The number of hydrogen-bond acceptors (Lipinski definition) is 3. The molecule has 0 atom stereocenters. The third kappa shape index (κ3) is 3.56. The lowest BCUT2D eigenvalue weighted by atomic mass is 9.49. The second kappa shape index (κ2) is 7.16. The number of pyridine rings is 1.